The first-order chi connectivity index (χ1) is 8.58. The van der Waals surface area contributed by atoms with Crippen molar-refractivity contribution in [2.24, 2.45) is 0 Å². The molecule has 1 atom stereocenters. The Kier molecular flexibility index (Phi) is 3.58. The van der Waals surface area contributed by atoms with Gasteiger partial charge >= 0.3 is 0 Å². The van der Waals surface area contributed by atoms with Gasteiger partial charge in [-0.15, -0.1) is 0 Å². The van der Waals surface area contributed by atoms with Crippen LogP contribution in [-0.2, 0) is 0 Å². The highest BCUT2D eigenvalue weighted by atomic mass is 19.1. The first-order valence-electron chi connectivity index (χ1n) is 5.48. The molecule has 1 N–H and O–H groups in total. The van der Waals surface area contributed by atoms with Crippen LogP contribution in [0.3, 0.4) is 0 Å². The van der Waals surface area contributed by atoms with Gasteiger partial charge in [-0.25, -0.2) is 8.78 Å². The number of aliphatic hydroxyl groups is 1. The van der Waals surface area contributed by atoms with E-state index in [4.69, 9.17) is 4.74 Å². The maximum atomic E-state index is 13.4. The van der Waals surface area contributed by atoms with E-state index in [2.05, 4.69) is 0 Å². The van der Waals surface area contributed by atoms with Gasteiger partial charge in [0.1, 0.15) is 11.6 Å². The van der Waals surface area contributed by atoms with Crippen LogP contribution < -0.4 is 4.74 Å². The fraction of sp³-hybridized carbons (Fsp3) is 0.143. The molecule has 0 heterocycles. The molecule has 0 saturated heterocycles. The quantitative estimate of drug-likeness (QED) is 0.897. The van der Waals surface area contributed by atoms with Gasteiger partial charge in [0, 0.05) is 11.6 Å². The van der Waals surface area contributed by atoms with Crippen LogP contribution in [0, 0.1) is 11.6 Å². The minimum atomic E-state index is -0.782. The van der Waals surface area contributed by atoms with Crippen molar-refractivity contribution in [2.45, 2.75) is 13.0 Å². The molecule has 2 aromatic carbocycles. The highest BCUT2D eigenvalue weighted by molar-refractivity contribution is 5.39. The van der Waals surface area contributed by atoms with Crippen molar-refractivity contribution in [3.8, 4) is 11.5 Å². The van der Waals surface area contributed by atoms with E-state index in [-0.39, 0.29) is 5.75 Å². The van der Waals surface area contributed by atoms with Crippen LogP contribution in [-0.4, -0.2) is 5.11 Å². The van der Waals surface area contributed by atoms with E-state index in [0.29, 0.717) is 11.3 Å². The molecule has 0 aliphatic rings. The van der Waals surface area contributed by atoms with Crippen LogP contribution in [0.4, 0.5) is 8.78 Å². The van der Waals surface area contributed by atoms with Crippen molar-refractivity contribution in [2.75, 3.05) is 0 Å². The molecule has 2 nitrogen and oxygen atoms in total. The van der Waals surface area contributed by atoms with Crippen LogP contribution >= 0.6 is 0 Å². The summed E-state index contributed by atoms with van der Waals surface area (Å²) in [6.45, 7) is 1.59. The fourth-order valence-electron chi connectivity index (χ4n) is 1.60. The van der Waals surface area contributed by atoms with Gasteiger partial charge in [0.15, 0.2) is 11.6 Å². The average molecular weight is 250 g/mol. The van der Waals surface area contributed by atoms with Crippen LogP contribution in [0.15, 0.2) is 42.5 Å². The molecule has 0 unspecified atom stereocenters. The third-order valence-corrected chi connectivity index (χ3v) is 2.48. The molecule has 0 amide bonds. The fourth-order valence-corrected chi connectivity index (χ4v) is 1.60. The predicted molar refractivity (Wildman–Crippen MR) is 63.5 cm³/mol. The molecule has 94 valence electrons. The number of benzene rings is 2. The topological polar surface area (TPSA) is 29.5 Å². The molecule has 0 spiro atoms. The Bertz CT molecular complexity index is 553. The SMILES string of the molecule is C[C@H](O)c1ccccc1Oc1ccc(F)cc1F. The average Bonchev–Trinajstić information content (AvgIpc) is 2.33. The van der Waals surface area contributed by atoms with Gasteiger partial charge in [-0.2, -0.15) is 0 Å². The maximum Gasteiger partial charge on any atom is 0.168 e. The van der Waals surface area contributed by atoms with Gasteiger partial charge in [0.25, 0.3) is 0 Å². The molecule has 2 aromatic rings. The summed E-state index contributed by atoms with van der Waals surface area (Å²) >= 11 is 0. The van der Waals surface area contributed by atoms with Crippen molar-refractivity contribution in [1.29, 1.82) is 0 Å². The zero-order valence-electron chi connectivity index (χ0n) is 9.73. The first-order valence-corrected chi connectivity index (χ1v) is 5.48. The van der Waals surface area contributed by atoms with E-state index < -0.39 is 17.7 Å². The number of hydrogen-bond acceptors (Lipinski definition) is 2. The zero-order chi connectivity index (χ0) is 13.1. The summed E-state index contributed by atoms with van der Waals surface area (Å²) in [5.74, 6) is -1.18. The standard InChI is InChI=1S/C14H12F2O2/c1-9(17)11-4-2-3-5-13(11)18-14-7-6-10(15)8-12(14)16/h2-9,17H,1H3/t9-/m0/s1. The van der Waals surface area contributed by atoms with Crippen LogP contribution in [0.1, 0.15) is 18.6 Å². The smallest absolute Gasteiger partial charge is 0.168 e. The highest BCUT2D eigenvalue weighted by Gasteiger charge is 2.11. The molecule has 0 bridgehead atoms. The van der Waals surface area contributed by atoms with Crippen LogP contribution in [0.25, 0.3) is 0 Å². The summed E-state index contributed by atoms with van der Waals surface area (Å²) in [6.07, 6.45) is -0.732. The highest BCUT2D eigenvalue weighted by Crippen LogP contribution is 2.30. The monoisotopic (exact) mass is 250 g/mol. The molecule has 0 saturated carbocycles. The van der Waals surface area contributed by atoms with Gasteiger partial charge in [0.2, 0.25) is 0 Å². The molecule has 0 aliphatic carbocycles. The molecule has 2 rings (SSSR count). The number of hydrogen-bond donors (Lipinski definition) is 1. The van der Waals surface area contributed by atoms with Crippen molar-refractivity contribution >= 4 is 0 Å². The van der Waals surface area contributed by atoms with E-state index in [1.807, 2.05) is 0 Å². The second-order valence-corrected chi connectivity index (χ2v) is 3.89. The van der Waals surface area contributed by atoms with E-state index >= 15 is 0 Å². The summed E-state index contributed by atoms with van der Waals surface area (Å²) in [7, 11) is 0. The van der Waals surface area contributed by atoms with Gasteiger partial charge in [0.05, 0.1) is 6.10 Å². The molecule has 4 heteroatoms. The van der Waals surface area contributed by atoms with Gasteiger partial charge < -0.3 is 9.84 Å². The summed E-state index contributed by atoms with van der Waals surface area (Å²) in [5, 5.41) is 9.56. The van der Waals surface area contributed by atoms with Gasteiger partial charge in [-0.05, 0) is 25.1 Å². The molecular formula is C14H12F2O2. The van der Waals surface area contributed by atoms with Crippen molar-refractivity contribution < 1.29 is 18.6 Å². The summed E-state index contributed by atoms with van der Waals surface area (Å²) in [5.41, 5.74) is 0.543. The molecule has 0 aromatic heterocycles. The largest absolute Gasteiger partial charge is 0.454 e. The van der Waals surface area contributed by atoms with E-state index in [1.54, 1.807) is 31.2 Å². The Hall–Kier alpha value is -1.94. The summed E-state index contributed by atoms with van der Waals surface area (Å²) in [4.78, 5) is 0. The number of aliphatic hydroxyl groups excluding tert-OH is 1. The lowest BCUT2D eigenvalue weighted by atomic mass is 10.1. The lowest BCUT2D eigenvalue weighted by Gasteiger charge is -2.13. The normalized spacial score (nSPS) is 12.2. The Morgan fingerprint density at radius 3 is 2.44 bits per heavy atom. The number of ether oxygens (including phenoxy) is 1. The predicted octanol–water partition coefficient (Wildman–Crippen LogP) is 3.81. The van der Waals surface area contributed by atoms with Crippen molar-refractivity contribution in [3.05, 3.63) is 59.7 Å². The minimum absolute atomic E-state index is 0.0792. The van der Waals surface area contributed by atoms with Crippen molar-refractivity contribution in [1.82, 2.24) is 0 Å². The van der Waals surface area contributed by atoms with Crippen LogP contribution in [0.5, 0.6) is 11.5 Å². The second kappa shape index (κ2) is 5.14. The summed E-state index contributed by atoms with van der Waals surface area (Å²) < 4.78 is 31.6. The lowest BCUT2D eigenvalue weighted by Crippen LogP contribution is -1.97. The molecular weight excluding hydrogens is 238 g/mol. The van der Waals surface area contributed by atoms with Crippen LogP contribution in [0.2, 0.25) is 0 Å². The second-order valence-electron chi connectivity index (χ2n) is 3.89. The Morgan fingerprint density at radius 2 is 1.78 bits per heavy atom. The number of rotatable bonds is 3. The van der Waals surface area contributed by atoms with Gasteiger partial charge in [-0.3, -0.25) is 0 Å². The zero-order valence-corrected chi connectivity index (χ0v) is 9.73. The Balaban J connectivity index is 2.34. The molecule has 0 aliphatic heterocycles. The van der Waals surface area contributed by atoms with Gasteiger partial charge in [-0.1, -0.05) is 18.2 Å². The molecule has 18 heavy (non-hydrogen) atoms. The molecule has 0 radical (unpaired) electrons. The lowest BCUT2D eigenvalue weighted by molar-refractivity contribution is 0.195. The molecule has 0 fully saturated rings. The third kappa shape index (κ3) is 2.65. The van der Waals surface area contributed by atoms with E-state index in [1.165, 1.54) is 6.07 Å². The van der Waals surface area contributed by atoms with E-state index in [0.717, 1.165) is 12.1 Å². The van der Waals surface area contributed by atoms with E-state index in [9.17, 15) is 13.9 Å². The third-order valence-electron chi connectivity index (χ3n) is 2.48. The Morgan fingerprint density at radius 1 is 1.06 bits per heavy atom. The first kappa shape index (κ1) is 12.5. The summed E-state index contributed by atoms with van der Waals surface area (Å²) in [6, 6.07) is 9.83. The Labute approximate surface area is 103 Å². The van der Waals surface area contributed by atoms with Crippen molar-refractivity contribution in [3.63, 3.8) is 0 Å². The number of para-hydroxylation sites is 1. The minimum Gasteiger partial charge on any atom is -0.454 e. The maximum absolute atomic E-state index is 13.4. The number of halogens is 2.